The van der Waals surface area contributed by atoms with E-state index in [4.69, 9.17) is 4.42 Å². The van der Waals surface area contributed by atoms with Gasteiger partial charge in [0.25, 0.3) is 0 Å². The Labute approximate surface area is 121 Å². The Bertz CT molecular complexity index is 543. The Balaban J connectivity index is 1.81. The van der Waals surface area contributed by atoms with E-state index in [9.17, 15) is 8.42 Å². The lowest BCUT2D eigenvalue weighted by atomic mass is 10.1. The van der Waals surface area contributed by atoms with Crippen molar-refractivity contribution < 1.29 is 12.8 Å². The lowest BCUT2D eigenvalue weighted by molar-refractivity contribution is 0.400. The second-order valence-corrected chi connectivity index (χ2v) is 8.77. The predicted octanol–water partition coefficient (Wildman–Crippen LogP) is 1.90. The Kier molecular flexibility index (Phi) is 4.54. The molecule has 20 heavy (non-hydrogen) atoms. The summed E-state index contributed by atoms with van der Waals surface area (Å²) in [7, 11) is -2.87. The lowest BCUT2D eigenvalue weighted by Crippen LogP contribution is -2.36. The van der Waals surface area contributed by atoms with Gasteiger partial charge in [-0.2, -0.15) is 0 Å². The topological polar surface area (TPSA) is 72.2 Å². The van der Waals surface area contributed by atoms with Crippen molar-refractivity contribution in [3.63, 3.8) is 0 Å². The Morgan fingerprint density at radius 2 is 2.20 bits per heavy atom. The molecule has 0 spiro atoms. The zero-order chi connectivity index (χ0) is 14.8. The zero-order valence-electron chi connectivity index (χ0n) is 12.5. The molecule has 2 rings (SSSR count). The standard InChI is InChI=1S/C14H24N2O3S/c1-14(2,3)16-7-4-5-13-15-9-12(19-13)11-6-8-20(17,18)10-11/h9,11,16H,4-8,10H2,1-3H3. The summed E-state index contributed by atoms with van der Waals surface area (Å²) < 4.78 is 28.6. The van der Waals surface area contributed by atoms with E-state index in [1.807, 2.05) is 0 Å². The van der Waals surface area contributed by atoms with E-state index in [1.54, 1.807) is 6.20 Å². The van der Waals surface area contributed by atoms with Crippen LogP contribution in [0.3, 0.4) is 0 Å². The van der Waals surface area contributed by atoms with Crippen LogP contribution in [-0.2, 0) is 16.3 Å². The van der Waals surface area contributed by atoms with Gasteiger partial charge in [0, 0.05) is 17.9 Å². The molecular formula is C14H24N2O3S. The van der Waals surface area contributed by atoms with Gasteiger partial charge in [-0.05, 0) is 40.2 Å². The highest BCUT2D eigenvalue weighted by molar-refractivity contribution is 7.91. The van der Waals surface area contributed by atoms with Crippen LogP contribution >= 0.6 is 0 Å². The molecule has 0 aromatic carbocycles. The fourth-order valence-corrected chi connectivity index (χ4v) is 4.11. The number of aryl methyl sites for hydroxylation is 1. The monoisotopic (exact) mass is 300 g/mol. The van der Waals surface area contributed by atoms with Crippen LogP contribution in [0, 0.1) is 0 Å². The third-order valence-electron chi connectivity index (χ3n) is 3.43. The quantitative estimate of drug-likeness (QED) is 0.841. The Hall–Kier alpha value is -0.880. The van der Waals surface area contributed by atoms with Gasteiger partial charge in [-0.1, -0.05) is 0 Å². The van der Waals surface area contributed by atoms with E-state index >= 15 is 0 Å². The van der Waals surface area contributed by atoms with Gasteiger partial charge in [0.15, 0.2) is 15.7 Å². The molecule has 1 aromatic rings. The molecule has 2 heterocycles. The van der Waals surface area contributed by atoms with Gasteiger partial charge in [0.05, 0.1) is 17.7 Å². The second-order valence-electron chi connectivity index (χ2n) is 6.54. The number of aromatic nitrogens is 1. The maximum Gasteiger partial charge on any atom is 0.194 e. The van der Waals surface area contributed by atoms with E-state index in [1.165, 1.54) is 0 Å². The van der Waals surface area contributed by atoms with E-state index in [-0.39, 0.29) is 23.0 Å². The van der Waals surface area contributed by atoms with Crippen LogP contribution in [0.15, 0.2) is 10.6 Å². The van der Waals surface area contributed by atoms with Crippen molar-refractivity contribution in [2.24, 2.45) is 0 Å². The van der Waals surface area contributed by atoms with Gasteiger partial charge in [-0.3, -0.25) is 0 Å². The van der Waals surface area contributed by atoms with Crippen LogP contribution in [-0.4, -0.2) is 37.0 Å². The van der Waals surface area contributed by atoms with Gasteiger partial charge in [-0.15, -0.1) is 0 Å². The molecule has 1 aliphatic heterocycles. The summed E-state index contributed by atoms with van der Waals surface area (Å²) in [6, 6.07) is 0. The zero-order valence-corrected chi connectivity index (χ0v) is 13.3. The average molecular weight is 300 g/mol. The van der Waals surface area contributed by atoms with Crippen LogP contribution in [0.4, 0.5) is 0 Å². The van der Waals surface area contributed by atoms with Crippen LogP contribution < -0.4 is 5.32 Å². The molecule has 5 nitrogen and oxygen atoms in total. The first-order chi connectivity index (χ1) is 9.25. The molecule has 6 heteroatoms. The summed E-state index contributed by atoms with van der Waals surface area (Å²) in [4.78, 5) is 4.25. The van der Waals surface area contributed by atoms with Crippen molar-refractivity contribution in [1.82, 2.24) is 10.3 Å². The molecule has 1 atom stereocenters. The fraction of sp³-hybridized carbons (Fsp3) is 0.786. The molecule has 0 aliphatic carbocycles. The normalized spacial score (nSPS) is 22.2. The molecule has 1 saturated heterocycles. The molecule has 1 unspecified atom stereocenters. The van der Waals surface area contributed by atoms with Crippen LogP contribution in [0.5, 0.6) is 0 Å². The van der Waals surface area contributed by atoms with Crippen molar-refractivity contribution in [3.8, 4) is 0 Å². The molecule has 114 valence electrons. The van der Waals surface area contributed by atoms with E-state index in [0.717, 1.165) is 25.1 Å². The van der Waals surface area contributed by atoms with Crippen molar-refractivity contribution >= 4 is 9.84 Å². The van der Waals surface area contributed by atoms with Crippen molar-refractivity contribution in [2.75, 3.05) is 18.1 Å². The number of sulfone groups is 1. The smallest absolute Gasteiger partial charge is 0.194 e. The van der Waals surface area contributed by atoms with E-state index < -0.39 is 9.84 Å². The van der Waals surface area contributed by atoms with Gasteiger partial charge >= 0.3 is 0 Å². The summed E-state index contributed by atoms with van der Waals surface area (Å²) in [6.45, 7) is 7.32. The maximum absolute atomic E-state index is 11.5. The molecule has 0 amide bonds. The molecule has 0 saturated carbocycles. The number of rotatable bonds is 5. The molecule has 1 aromatic heterocycles. The Morgan fingerprint density at radius 1 is 1.45 bits per heavy atom. The van der Waals surface area contributed by atoms with Gasteiger partial charge in [-0.25, -0.2) is 13.4 Å². The summed E-state index contributed by atoms with van der Waals surface area (Å²) >= 11 is 0. The first-order valence-electron chi connectivity index (χ1n) is 7.15. The molecule has 1 aliphatic rings. The Morgan fingerprint density at radius 3 is 2.80 bits per heavy atom. The SMILES string of the molecule is CC(C)(C)NCCCc1ncc(C2CCS(=O)(=O)C2)o1. The number of nitrogens with zero attached hydrogens (tertiary/aromatic N) is 1. The third-order valence-corrected chi connectivity index (χ3v) is 5.20. The van der Waals surface area contributed by atoms with Crippen molar-refractivity contribution in [1.29, 1.82) is 0 Å². The summed E-state index contributed by atoms with van der Waals surface area (Å²) in [5, 5.41) is 3.42. The van der Waals surface area contributed by atoms with Crippen LogP contribution in [0.2, 0.25) is 0 Å². The lowest BCUT2D eigenvalue weighted by Gasteiger charge is -2.20. The van der Waals surface area contributed by atoms with Gasteiger partial charge in [0.1, 0.15) is 5.76 Å². The van der Waals surface area contributed by atoms with Crippen molar-refractivity contribution in [2.45, 2.75) is 51.5 Å². The highest BCUT2D eigenvalue weighted by atomic mass is 32.2. The van der Waals surface area contributed by atoms with Gasteiger partial charge < -0.3 is 9.73 Å². The summed E-state index contributed by atoms with van der Waals surface area (Å²) in [5.41, 5.74) is 0.125. The number of hydrogen-bond acceptors (Lipinski definition) is 5. The van der Waals surface area contributed by atoms with Crippen LogP contribution in [0.25, 0.3) is 0 Å². The molecule has 1 fully saturated rings. The van der Waals surface area contributed by atoms with Crippen molar-refractivity contribution in [3.05, 3.63) is 17.8 Å². The number of nitrogens with one attached hydrogen (secondary N) is 1. The molecular weight excluding hydrogens is 276 g/mol. The number of hydrogen-bond donors (Lipinski definition) is 1. The minimum absolute atomic E-state index is 0.00560. The van der Waals surface area contributed by atoms with Gasteiger partial charge in [0.2, 0.25) is 0 Å². The van der Waals surface area contributed by atoms with E-state index in [0.29, 0.717) is 12.3 Å². The number of oxazole rings is 1. The van der Waals surface area contributed by atoms with Crippen LogP contribution in [0.1, 0.15) is 51.2 Å². The highest BCUT2D eigenvalue weighted by Crippen LogP contribution is 2.29. The summed E-state index contributed by atoms with van der Waals surface area (Å²) in [5.74, 6) is 1.90. The molecule has 1 N–H and O–H groups in total. The fourth-order valence-electron chi connectivity index (χ4n) is 2.35. The largest absolute Gasteiger partial charge is 0.445 e. The van der Waals surface area contributed by atoms with E-state index in [2.05, 4.69) is 31.1 Å². The minimum atomic E-state index is -2.87. The third kappa shape index (κ3) is 4.59. The maximum atomic E-state index is 11.5. The second kappa shape index (κ2) is 5.85. The highest BCUT2D eigenvalue weighted by Gasteiger charge is 2.31. The molecule has 0 bridgehead atoms. The predicted molar refractivity (Wildman–Crippen MR) is 78.6 cm³/mol. The first-order valence-corrected chi connectivity index (χ1v) is 8.97. The molecule has 0 radical (unpaired) electrons. The first kappa shape index (κ1) is 15.5. The minimum Gasteiger partial charge on any atom is -0.445 e. The average Bonchev–Trinajstić information content (AvgIpc) is 2.89. The summed E-state index contributed by atoms with van der Waals surface area (Å²) in [6.07, 6.45) is 4.09.